The van der Waals surface area contributed by atoms with Crippen molar-refractivity contribution in [3.8, 4) is 0 Å². The molecule has 402 valence electrons. The van der Waals surface area contributed by atoms with Crippen LogP contribution in [0, 0.1) is 0 Å². The largest absolute Gasteiger partial charge is 0.472 e. The van der Waals surface area contributed by atoms with E-state index in [0.29, 0.717) is 12.8 Å². The first-order valence-electron chi connectivity index (χ1n) is 28.8. The standard InChI is InChI=1S/C57H109O10P/c1-3-5-7-9-11-13-15-17-19-21-23-25-27-29-31-33-35-37-39-41-43-45-47-49-57(61)67-55(51-59)53-65-68(62,63)64-52-54(50-58)66-56(60)48-46-44-42-40-38-36-34-32-30-28-26-24-22-20-18-16-14-12-10-8-6-4-2/h15,17,21,23,54-55,58-59H,3-14,16,18-20,22,24-53H2,1-2H3,(H,62,63)/b17-15-,23-21-. The van der Waals surface area contributed by atoms with Gasteiger partial charge in [0.1, 0.15) is 12.2 Å². The van der Waals surface area contributed by atoms with Gasteiger partial charge < -0.3 is 24.6 Å². The van der Waals surface area contributed by atoms with Gasteiger partial charge >= 0.3 is 19.8 Å². The summed E-state index contributed by atoms with van der Waals surface area (Å²) in [5.74, 6) is -1.01. The molecule has 0 radical (unpaired) electrons. The van der Waals surface area contributed by atoms with Crippen LogP contribution in [0.2, 0.25) is 0 Å². The van der Waals surface area contributed by atoms with Crippen LogP contribution in [-0.2, 0) is 32.7 Å². The molecule has 3 unspecified atom stereocenters. The smallest absolute Gasteiger partial charge is 0.457 e. The molecule has 10 nitrogen and oxygen atoms in total. The van der Waals surface area contributed by atoms with Gasteiger partial charge in [-0.1, -0.05) is 256 Å². The van der Waals surface area contributed by atoms with Crippen molar-refractivity contribution in [1.82, 2.24) is 0 Å². The lowest BCUT2D eigenvalue weighted by atomic mass is 10.0. The average Bonchev–Trinajstić information content (AvgIpc) is 3.33. The Morgan fingerprint density at radius 3 is 0.912 bits per heavy atom. The summed E-state index contributed by atoms with van der Waals surface area (Å²) in [6.45, 7) is 2.27. The molecule has 0 aliphatic heterocycles. The van der Waals surface area contributed by atoms with E-state index in [-0.39, 0.29) is 12.8 Å². The zero-order chi connectivity index (χ0) is 49.7. The van der Waals surface area contributed by atoms with Gasteiger partial charge in [-0.2, -0.15) is 0 Å². The number of unbranched alkanes of at least 4 members (excludes halogenated alkanes) is 37. The molecule has 0 saturated carbocycles. The lowest BCUT2D eigenvalue weighted by molar-refractivity contribution is -0.153. The third kappa shape index (κ3) is 50.8. The molecule has 0 aromatic rings. The van der Waals surface area contributed by atoms with Gasteiger partial charge in [-0.15, -0.1) is 0 Å². The van der Waals surface area contributed by atoms with Gasteiger partial charge in [0.05, 0.1) is 26.4 Å². The lowest BCUT2D eigenvalue weighted by Crippen LogP contribution is -2.28. The van der Waals surface area contributed by atoms with Crippen LogP contribution in [0.15, 0.2) is 24.3 Å². The Labute approximate surface area is 419 Å². The number of phosphoric ester groups is 1. The summed E-state index contributed by atoms with van der Waals surface area (Å²) in [6, 6.07) is 0. The molecule has 68 heavy (non-hydrogen) atoms. The Balaban J connectivity index is 3.76. The fourth-order valence-electron chi connectivity index (χ4n) is 8.50. The number of allylic oxidation sites excluding steroid dienone is 4. The fraction of sp³-hybridized carbons (Fsp3) is 0.895. The van der Waals surface area contributed by atoms with Crippen LogP contribution in [0.1, 0.15) is 290 Å². The van der Waals surface area contributed by atoms with Gasteiger partial charge in [0.25, 0.3) is 0 Å². The van der Waals surface area contributed by atoms with E-state index in [0.717, 1.165) is 44.9 Å². The summed E-state index contributed by atoms with van der Waals surface area (Å²) in [5.41, 5.74) is 0. The third-order valence-electron chi connectivity index (χ3n) is 12.9. The first-order chi connectivity index (χ1) is 33.3. The third-order valence-corrected chi connectivity index (χ3v) is 13.9. The monoisotopic (exact) mass is 985 g/mol. The van der Waals surface area contributed by atoms with E-state index in [1.807, 2.05) is 0 Å². The van der Waals surface area contributed by atoms with Crippen LogP contribution >= 0.6 is 7.82 Å². The highest BCUT2D eigenvalue weighted by Gasteiger charge is 2.27. The van der Waals surface area contributed by atoms with Crippen LogP contribution < -0.4 is 0 Å². The Morgan fingerprint density at radius 1 is 0.397 bits per heavy atom. The van der Waals surface area contributed by atoms with Crippen molar-refractivity contribution in [3.63, 3.8) is 0 Å². The fourth-order valence-corrected chi connectivity index (χ4v) is 9.29. The molecule has 3 atom stereocenters. The highest BCUT2D eigenvalue weighted by molar-refractivity contribution is 7.47. The molecule has 0 aliphatic carbocycles. The van der Waals surface area contributed by atoms with Crippen molar-refractivity contribution < 1.29 is 47.8 Å². The minimum Gasteiger partial charge on any atom is -0.457 e. The maximum Gasteiger partial charge on any atom is 0.472 e. The van der Waals surface area contributed by atoms with Crippen molar-refractivity contribution in [2.24, 2.45) is 0 Å². The van der Waals surface area contributed by atoms with Crippen LogP contribution in [0.25, 0.3) is 0 Å². The van der Waals surface area contributed by atoms with Crippen molar-refractivity contribution >= 4 is 19.8 Å². The number of phosphoric acid groups is 1. The van der Waals surface area contributed by atoms with E-state index in [9.17, 15) is 29.3 Å². The SMILES string of the molecule is CCCCCCC/C=C\C/C=C\CCCCCCCCCCCCCC(=O)OC(CO)COP(=O)(O)OCC(CO)OC(=O)CCCCCCCCCCCCCCCCCCCCCCCC. The average molecular weight is 985 g/mol. The molecular formula is C57H109O10P. The first kappa shape index (κ1) is 66.5. The maximum absolute atomic E-state index is 12.5. The van der Waals surface area contributed by atoms with E-state index < -0.39 is 58.4 Å². The summed E-state index contributed by atoms with van der Waals surface area (Å²) in [4.78, 5) is 34.8. The van der Waals surface area contributed by atoms with Gasteiger partial charge in [-0.25, -0.2) is 4.57 Å². The number of hydrogen-bond donors (Lipinski definition) is 3. The number of rotatable bonds is 55. The number of esters is 2. The minimum absolute atomic E-state index is 0.192. The van der Waals surface area contributed by atoms with Crippen molar-refractivity contribution in [3.05, 3.63) is 24.3 Å². The van der Waals surface area contributed by atoms with Crippen molar-refractivity contribution in [1.29, 1.82) is 0 Å². The Bertz CT molecular complexity index is 1180. The molecule has 0 bridgehead atoms. The Hall–Kier alpha value is -1.55. The second-order valence-corrected chi connectivity index (χ2v) is 21.1. The van der Waals surface area contributed by atoms with E-state index in [4.69, 9.17) is 18.5 Å². The number of aliphatic hydroxyl groups is 2. The van der Waals surface area contributed by atoms with Crippen LogP contribution in [0.5, 0.6) is 0 Å². The summed E-state index contributed by atoms with van der Waals surface area (Å²) >= 11 is 0. The molecule has 0 saturated heterocycles. The predicted octanol–water partition coefficient (Wildman–Crippen LogP) is 16.9. The number of hydrogen-bond acceptors (Lipinski definition) is 9. The van der Waals surface area contributed by atoms with Crippen molar-refractivity contribution in [2.45, 2.75) is 302 Å². The summed E-state index contributed by atoms with van der Waals surface area (Å²) < 4.78 is 32.8. The Kier molecular flexibility index (Phi) is 52.0. The molecule has 0 aliphatic rings. The molecule has 0 rings (SSSR count). The molecule has 0 aromatic carbocycles. The normalized spacial score (nSPS) is 13.7. The number of ether oxygens (including phenoxy) is 2. The van der Waals surface area contributed by atoms with Gasteiger partial charge in [-0.3, -0.25) is 18.6 Å². The number of carbonyl (C=O) groups excluding carboxylic acids is 2. The predicted molar refractivity (Wildman–Crippen MR) is 284 cm³/mol. The molecule has 0 heterocycles. The second-order valence-electron chi connectivity index (χ2n) is 19.6. The zero-order valence-corrected chi connectivity index (χ0v) is 45.2. The van der Waals surface area contributed by atoms with Gasteiger partial charge in [0.15, 0.2) is 0 Å². The molecule has 3 N–H and O–H groups in total. The highest BCUT2D eigenvalue weighted by Crippen LogP contribution is 2.43. The second kappa shape index (κ2) is 53.3. The highest BCUT2D eigenvalue weighted by atomic mass is 31.2. The summed E-state index contributed by atoms with van der Waals surface area (Å²) in [7, 11) is -4.64. The minimum atomic E-state index is -4.64. The van der Waals surface area contributed by atoms with E-state index >= 15 is 0 Å². The Morgan fingerprint density at radius 2 is 0.647 bits per heavy atom. The topological polar surface area (TPSA) is 149 Å². The van der Waals surface area contributed by atoms with E-state index in [1.54, 1.807) is 0 Å². The maximum atomic E-state index is 12.5. The van der Waals surface area contributed by atoms with Crippen LogP contribution in [0.4, 0.5) is 0 Å². The van der Waals surface area contributed by atoms with Crippen LogP contribution in [0.3, 0.4) is 0 Å². The molecule has 0 aromatic heterocycles. The van der Waals surface area contributed by atoms with Gasteiger partial charge in [0, 0.05) is 12.8 Å². The summed E-state index contributed by atoms with van der Waals surface area (Å²) in [6.07, 6.45) is 58.7. The molecule has 0 spiro atoms. The van der Waals surface area contributed by atoms with Crippen LogP contribution in [-0.4, -0.2) is 65.7 Å². The quantitative estimate of drug-likeness (QED) is 0.0233. The van der Waals surface area contributed by atoms with E-state index in [1.165, 1.54) is 205 Å². The molecule has 0 amide bonds. The lowest BCUT2D eigenvalue weighted by Gasteiger charge is -2.20. The number of carbonyl (C=O) groups is 2. The molecular weight excluding hydrogens is 876 g/mol. The molecule has 0 fully saturated rings. The van der Waals surface area contributed by atoms with Gasteiger partial charge in [0.2, 0.25) is 0 Å². The van der Waals surface area contributed by atoms with E-state index in [2.05, 4.69) is 38.2 Å². The summed E-state index contributed by atoms with van der Waals surface area (Å²) in [5, 5.41) is 19.3. The number of aliphatic hydroxyl groups excluding tert-OH is 2. The zero-order valence-electron chi connectivity index (χ0n) is 44.3. The van der Waals surface area contributed by atoms with Gasteiger partial charge in [-0.05, 0) is 44.9 Å². The van der Waals surface area contributed by atoms with Crippen molar-refractivity contribution in [2.75, 3.05) is 26.4 Å². The molecule has 11 heteroatoms. The first-order valence-corrected chi connectivity index (χ1v) is 30.3.